The minimum atomic E-state index is -0.911. The second-order valence-corrected chi connectivity index (χ2v) is 2.46. The summed E-state index contributed by atoms with van der Waals surface area (Å²) in [5, 5.41) is 8.76. The van der Waals surface area contributed by atoms with E-state index in [0.717, 1.165) is 6.07 Å². The van der Waals surface area contributed by atoms with Gasteiger partial charge in [0.25, 0.3) is 0 Å². The zero-order valence-electron chi connectivity index (χ0n) is 8.28. The third-order valence-corrected chi connectivity index (χ3v) is 1.70. The van der Waals surface area contributed by atoms with E-state index in [9.17, 15) is 8.78 Å². The molecule has 1 N–H and O–H groups in total. The molecule has 0 saturated heterocycles. The van der Waals surface area contributed by atoms with E-state index >= 15 is 0 Å². The molecule has 1 aromatic rings. The molecule has 74 valence electrons. The first kappa shape index (κ1) is 11.9. The van der Waals surface area contributed by atoms with E-state index in [4.69, 9.17) is 5.11 Å². The molecule has 3 heteroatoms. The summed E-state index contributed by atoms with van der Waals surface area (Å²) in [6.45, 7) is 7.07. The van der Waals surface area contributed by atoms with Crippen LogP contribution in [0.1, 0.15) is 25.0 Å². The molecule has 0 saturated carbocycles. The van der Waals surface area contributed by atoms with E-state index in [2.05, 4.69) is 0 Å². The average molecular weight is 188 g/mol. The van der Waals surface area contributed by atoms with E-state index in [1.165, 1.54) is 6.92 Å². The Balaban J connectivity index is 0.000000671. The van der Waals surface area contributed by atoms with Crippen LogP contribution in [0.25, 0.3) is 0 Å². The van der Waals surface area contributed by atoms with Crippen LogP contribution in [0.2, 0.25) is 0 Å². The van der Waals surface area contributed by atoms with Crippen molar-refractivity contribution in [1.29, 1.82) is 0 Å². The molecule has 0 radical (unpaired) electrons. The summed E-state index contributed by atoms with van der Waals surface area (Å²) in [5.41, 5.74) is 0.779. The second kappa shape index (κ2) is 4.80. The Kier molecular flexibility index (Phi) is 4.38. The van der Waals surface area contributed by atoms with Crippen molar-refractivity contribution in [3.05, 3.63) is 28.8 Å². The zero-order chi connectivity index (χ0) is 10.6. The number of phenolic OH excluding ortho intramolecular Hbond substituents is 1. The molecule has 0 amide bonds. The van der Waals surface area contributed by atoms with Gasteiger partial charge in [0.1, 0.15) is 0 Å². The summed E-state index contributed by atoms with van der Waals surface area (Å²) in [4.78, 5) is 0. The quantitative estimate of drug-likeness (QED) is 0.662. The van der Waals surface area contributed by atoms with Crippen LogP contribution < -0.4 is 0 Å². The molecule has 0 aliphatic carbocycles. The van der Waals surface area contributed by atoms with Crippen LogP contribution >= 0.6 is 0 Å². The van der Waals surface area contributed by atoms with Crippen molar-refractivity contribution in [2.75, 3.05) is 0 Å². The Morgan fingerprint density at radius 2 is 1.62 bits per heavy atom. The summed E-state index contributed by atoms with van der Waals surface area (Å²) in [6.07, 6.45) is 0. The van der Waals surface area contributed by atoms with E-state index in [0.29, 0.717) is 5.56 Å². The lowest BCUT2D eigenvalue weighted by atomic mass is 10.1. The van der Waals surface area contributed by atoms with Crippen molar-refractivity contribution in [2.45, 2.75) is 27.7 Å². The van der Waals surface area contributed by atoms with Crippen LogP contribution in [0.4, 0.5) is 8.78 Å². The molecule has 0 aromatic heterocycles. The van der Waals surface area contributed by atoms with E-state index in [-0.39, 0.29) is 5.56 Å². The Morgan fingerprint density at radius 3 is 2.08 bits per heavy atom. The van der Waals surface area contributed by atoms with Gasteiger partial charge in [-0.1, -0.05) is 13.8 Å². The first-order chi connectivity index (χ1) is 6.04. The zero-order valence-corrected chi connectivity index (χ0v) is 8.28. The predicted molar refractivity (Wildman–Crippen MR) is 48.8 cm³/mol. The van der Waals surface area contributed by atoms with Crippen molar-refractivity contribution in [3.63, 3.8) is 0 Å². The van der Waals surface area contributed by atoms with E-state index in [1.54, 1.807) is 6.92 Å². The van der Waals surface area contributed by atoms with Gasteiger partial charge in [-0.05, 0) is 31.0 Å². The molecule has 0 unspecified atom stereocenters. The standard InChI is InChI=1S/C8H8F2O.C2H6/c1-4-3-6(9)8(11)7(10)5(4)2;1-2/h3,11H,1-2H3;1-2H3. The molecule has 0 aliphatic rings. The van der Waals surface area contributed by atoms with Gasteiger partial charge >= 0.3 is 0 Å². The summed E-state index contributed by atoms with van der Waals surface area (Å²) in [5.74, 6) is -2.68. The smallest absolute Gasteiger partial charge is 0.188 e. The summed E-state index contributed by atoms with van der Waals surface area (Å²) in [7, 11) is 0. The monoisotopic (exact) mass is 188 g/mol. The topological polar surface area (TPSA) is 20.2 Å². The lowest BCUT2D eigenvalue weighted by Crippen LogP contribution is -1.91. The van der Waals surface area contributed by atoms with Crippen molar-refractivity contribution >= 4 is 0 Å². The van der Waals surface area contributed by atoms with Gasteiger partial charge in [0.2, 0.25) is 0 Å². The molecule has 0 bridgehead atoms. The van der Waals surface area contributed by atoms with Crippen LogP contribution in [0.3, 0.4) is 0 Å². The Hall–Kier alpha value is -1.12. The van der Waals surface area contributed by atoms with E-state index < -0.39 is 17.4 Å². The minimum absolute atomic E-state index is 0.281. The summed E-state index contributed by atoms with van der Waals surface area (Å²) in [6, 6.07) is 1.10. The van der Waals surface area contributed by atoms with Crippen LogP contribution in [0.15, 0.2) is 6.07 Å². The molecule has 0 fully saturated rings. The van der Waals surface area contributed by atoms with Gasteiger partial charge in [0, 0.05) is 0 Å². The molecule has 1 rings (SSSR count). The third kappa shape index (κ3) is 2.41. The van der Waals surface area contributed by atoms with Gasteiger partial charge < -0.3 is 5.11 Å². The molecule has 1 aromatic carbocycles. The predicted octanol–water partition coefficient (Wildman–Crippen LogP) is 3.31. The normalized spacial score (nSPS) is 9.08. The highest BCUT2D eigenvalue weighted by Gasteiger charge is 2.11. The van der Waals surface area contributed by atoms with Gasteiger partial charge in [0.15, 0.2) is 17.4 Å². The number of aryl methyl sites for hydroxylation is 1. The molecular weight excluding hydrogens is 174 g/mol. The van der Waals surface area contributed by atoms with Crippen molar-refractivity contribution in [3.8, 4) is 5.75 Å². The Labute approximate surface area is 77.0 Å². The number of hydrogen-bond donors (Lipinski definition) is 1. The lowest BCUT2D eigenvalue weighted by molar-refractivity contribution is 0.393. The van der Waals surface area contributed by atoms with Crippen LogP contribution in [0, 0.1) is 25.5 Å². The fraction of sp³-hybridized carbons (Fsp3) is 0.400. The largest absolute Gasteiger partial charge is 0.503 e. The molecule has 0 heterocycles. The van der Waals surface area contributed by atoms with Crippen molar-refractivity contribution < 1.29 is 13.9 Å². The number of aromatic hydroxyl groups is 1. The number of rotatable bonds is 0. The molecule has 0 aliphatic heterocycles. The van der Waals surface area contributed by atoms with Crippen molar-refractivity contribution in [1.82, 2.24) is 0 Å². The highest BCUT2D eigenvalue weighted by Crippen LogP contribution is 2.24. The van der Waals surface area contributed by atoms with Gasteiger partial charge in [-0.2, -0.15) is 0 Å². The average Bonchev–Trinajstić information content (AvgIpc) is 2.15. The number of phenols is 1. The van der Waals surface area contributed by atoms with Gasteiger partial charge in [-0.15, -0.1) is 0 Å². The minimum Gasteiger partial charge on any atom is -0.503 e. The van der Waals surface area contributed by atoms with Gasteiger partial charge in [-0.3, -0.25) is 0 Å². The maximum absolute atomic E-state index is 12.8. The highest BCUT2D eigenvalue weighted by molar-refractivity contribution is 5.36. The first-order valence-corrected chi connectivity index (χ1v) is 4.18. The summed E-state index contributed by atoms with van der Waals surface area (Å²) < 4.78 is 25.3. The molecule has 0 spiro atoms. The van der Waals surface area contributed by atoms with Crippen LogP contribution in [-0.4, -0.2) is 5.11 Å². The molecule has 13 heavy (non-hydrogen) atoms. The Bertz CT molecular complexity index is 269. The molecule has 1 nitrogen and oxygen atoms in total. The SMILES string of the molecule is CC.Cc1cc(F)c(O)c(F)c1C. The maximum Gasteiger partial charge on any atom is 0.188 e. The Morgan fingerprint density at radius 1 is 1.15 bits per heavy atom. The number of benzene rings is 1. The first-order valence-electron chi connectivity index (χ1n) is 4.18. The summed E-state index contributed by atoms with van der Waals surface area (Å²) >= 11 is 0. The van der Waals surface area contributed by atoms with E-state index in [1.807, 2.05) is 13.8 Å². The van der Waals surface area contributed by atoms with Crippen LogP contribution in [0.5, 0.6) is 5.75 Å². The lowest BCUT2D eigenvalue weighted by Gasteiger charge is -2.03. The highest BCUT2D eigenvalue weighted by atomic mass is 19.1. The van der Waals surface area contributed by atoms with Crippen molar-refractivity contribution in [2.24, 2.45) is 0 Å². The van der Waals surface area contributed by atoms with Gasteiger partial charge in [-0.25, -0.2) is 8.78 Å². The molecule has 0 atom stereocenters. The fourth-order valence-corrected chi connectivity index (χ4v) is 0.822. The second-order valence-electron chi connectivity index (χ2n) is 2.46. The fourth-order valence-electron chi connectivity index (χ4n) is 0.822. The maximum atomic E-state index is 12.8. The number of hydrogen-bond acceptors (Lipinski definition) is 1. The van der Waals surface area contributed by atoms with Gasteiger partial charge in [0.05, 0.1) is 0 Å². The molecular formula is C10H14F2O. The number of halogens is 2. The van der Waals surface area contributed by atoms with Crippen LogP contribution in [-0.2, 0) is 0 Å². The third-order valence-electron chi connectivity index (χ3n) is 1.70.